The van der Waals surface area contributed by atoms with Gasteiger partial charge in [0.2, 0.25) is 0 Å². The number of imidazole rings is 1. The second-order valence-corrected chi connectivity index (χ2v) is 6.27. The number of benzene rings is 1. The topological polar surface area (TPSA) is 93.2 Å². The maximum Gasteiger partial charge on any atom is 0.257 e. The molecule has 2 atom stereocenters. The van der Waals surface area contributed by atoms with Crippen LogP contribution in [0.1, 0.15) is 16.2 Å². The van der Waals surface area contributed by atoms with Crippen LogP contribution in [0.4, 0.5) is 4.39 Å². The molecule has 1 amide bonds. The van der Waals surface area contributed by atoms with Gasteiger partial charge in [0, 0.05) is 18.5 Å². The molecule has 0 spiro atoms. The van der Waals surface area contributed by atoms with Crippen molar-refractivity contribution in [1.29, 1.82) is 0 Å². The number of hydrogen-bond donors (Lipinski definition) is 1. The zero-order valence-electron chi connectivity index (χ0n) is 14.6. The average Bonchev–Trinajstić information content (AvgIpc) is 3.28. The lowest BCUT2D eigenvalue weighted by Gasteiger charge is -2.15. The van der Waals surface area contributed by atoms with E-state index < -0.39 is 12.3 Å². The molecule has 2 aromatic heterocycles. The minimum atomic E-state index is -1.26. The van der Waals surface area contributed by atoms with Crippen LogP contribution in [0, 0.1) is 0 Å². The number of nitrogens with one attached hydrogen (secondary N) is 1. The van der Waals surface area contributed by atoms with Crippen molar-refractivity contribution >= 4 is 16.9 Å². The van der Waals surface area contributed by atoms with Gasteiger partial charge in [-0.2, -0.15) is 0 Å². The molecular weight excluding hydrogens is 353 g/mol. The zero-order chi connectivity index (χ0) is 18.8. The van der Waals surface area contributed by atoms with Gasteiger partial charge in [-0.25, -0.2) is 19.3 Å². The van der Waals surface area contributed by atoms with Crippen LogP contribution in [-0.4, -0.2) is 63.2 Å². The fourth-order valence-electron chi connectivity index (χ4n) is 3.07. The summed E-state index contributed by atoms with van der Waals surface area (Å²) < 4.78 is 25.2. The van der Waals surface area contributed by atoms with E-state index in [1.54, 1.807) is 7.11 Å². The van der Waals surface area contributed by atoms with Crippen molar-refractivity contribution in [3.63, 3.8) is 0 Å². The van der Waals surface area contributed by atoms with Gasteiger partial charge in [-0.1, -0.05) is 0 Å². The normalized spacial score (nSPS) is 19.6. The highest BCUT2D eigenvalue weighted by molar-refractivity contribution is 5.93. The van der Waals surface area contributed by atoms with Crippen molar-refractivity contribution < 1.29 is 18.7 Å². The molecule has 27 heavy (non-hydrogen) atoms. The van der Waals surface area contributed by atoms with Gasteiger partial charge in [0.25, 0.3) is 5.91 Å². The van der Waals surface area contributed by atoms with Crippen molar-refractivity contribution in [2.75, 3.05) is 20.2 Å². The van der Waals surface area contributed by atoms with Crippen molar-refractivity contribution in [2.24, 2.45) is 0 Å². The number of fused-ring (bicyclic) bond motifs is 1. The first kappa shape index (κ1) is 17.3. The number of halogens is 1. The minimum absolute atomic E-state index is 0.0181. The lowest BCUT2D eigenvalue weighted by atomic mass is 10.3. The molecule has 140 valence electrons. The smallest absolute Gasteiger partial charge is 0.257 e. The lowest BCUT2D eigenvalue weighted by molar-refractivity contribution is 0.00887. The number of methoxy groups -OCH3 is 1. The lowest BCUT2D eigenvalue weighted by Crippen LogP contribution is -2.30. The summed E-state index contributed by atoms with van der Waals surface area (Å²) in [6, 6.07) is 5.49. The molecule has 1 N–H and O–H groups in total. The second-order valence-electron chi connectivity index (χ2n) is 6.27. The summed E-state index contributed by atoms with van der Waals surface area (Å²) in [6.07, 6.45) is 2.20. The highest BCUT2D eigenvalue weighted by atomic mass is 19.1. The van der Waals surface area contributed by atoms with Crippen molar-refractivity contribution in [2.45, 2.75) is 18.9 Å². The molecule has 0 radical (unpaired) electrons. The number of nitrogens with zero attached hydrogens (tertiary/aromatic N) is 4. The molecule has 0 aliphatic carbocycles. The Morgan fingerprint density at radius 1 is 1.33 bits per heavy atom. The van der Waals surface area contributed by atoms with Crippen molar-refractivity contribution in [3.8, 4) is 5.75 Å². The summed E-state index contributed by atoms with van der Waals surface area (Å²) in [5, 5.41) is 0. The summed E-state index contributed by atoms with van der Waals surface area (Å²) in [4.78, 5) is 29.0. The first-order valence-corrected chi connectivity index (χ1v) is 8.46. The number of likely N-dealkylation sites (tertiary alicyclic amines) is 1. The van der Waals surface area contributed by atoms with E-state index in [0.29, 0.717) is 11.4 Å². The van der Waals surface area contributed by atoms with Crippen LogP contribution in [0.25, 0.3) is 11.0 Å². The van der Waals surface area contributed by atoms with Crippen molar-refractivity contribution in [1.82, 2.24) is 24.8 Å². The molecule has 3 aromatic rings. The standard InChI is InChI=1S/C18H18FN5O3/c1-26-12-2-3-14-15(4-12)23-17(22-14)9-27-16-8-24(7-13(16)19)18(25)11-5-20-10-21-6-11/h2-6,10,13,16H,7-9H2,1H3,(H,22,23). The van der Waals surface area contributed by atoms with Gasteiger partial charge in [0.15, 0.2) is 0 Å². The largest absolute Gasteiger partial charge is 0.497 e. The number of rotatable bonds is 5. The Hall–Kier alpha value is -3.07. The molecule has 1 fully saturated rings. The number of alkyl halides is 1. The third-order valence-electron chi connectivity index (χ3n) is 4.47. The maximum atomic E-state index is 14.3. The van der Waals surface area contributed by atoms with E-state index in [1.807, 2.05) is 18.2 Å². The Morgan fingerprint density at radius 3 is 2.93 bits per heavy atom. The van der Waals surface area contributed by atoms with E-state index >= 15 is 0 Å². The van der Waals surface area contributed by atoms with Crippen LogP contribution < -0.4 is 4.74 Å². The third kappa shape index (κ3) is 3.59. The fourth-order valence-corrected chi connectivity index (χ4v) is 3.07. The van der Waals surface area contributed by atoms with Crippen LogP contribution in [0.5, 0.6) is 5.75 Å². The number of ether oxygens (including phenoxy) is 2. The Bertz CT molecular complexity index is 949. The summed E-state index contributed by atoms with van der Waals surface area (Å²) in [7, 11) is 1.59. The Balaban J connectivity index is 1.39. The van der Waals surface area contributed by atoms with Crippen LogP contribution >= 0.6 is 0 Å². The second kappa shape index (κ2) is 7.28. The van der Waals surface area contributed by atoms with Gasteiger partial charge in [-0.15, -0.1) is 0 Å². The Morgan fingerprint density at radius 2 is 2.15 bits per heavy atom. The predicted octanol–water partition coefficient (Wildman–Crippen LogP) is 1.74. The van der Waals surface area contributed by atoms with Gasteiger partial charge < -0.3 is 19.4 Å². The predicted molar refractivity (Wildman–Crippen MR) is 94.1 cm³/mol. The molecule has 3 heterocycles. The van der Waals surface area contributed by atoms with E-state index in [9.17, 15) is 9.18 Å². The first-order chi connectivity index (χ1) is 13.1. The molecule has 1 aliphatic heterocycles. The Labute approximate surface area is 154 Å². The summed E-state index contributed by atoms with van der Waals surface area (Å²) in [6.45, 7) is 0.275. The van der Waals surface area contributed by atoms with E-state index in [0.717, 1.165) is 16.8 Å². The highest BCUT2D eigenvalue weighted by Gasteiger charge is 2.36. The zero-order valence-corrected chi connectivity index (χ0v) is 14.6. The Kier molecular flexibility index (Phi) is 4.68. The number of aromatic nitrogens is 4. The molecule has 9 heteroatoms. The van der Waals surface area contributed by atoms with Gasteiger partial charge in [0.1, 0.15) is 36.8 Å². The number of amides is 1. The average molecular weight is 371 g/mol. The summed E-state index contributed by atoms with van der Waals surface area (Å²) >= 11 is 0. The molecule has 0 saturated carbocycles. The number of aromatic amines is 1. The highest BCUT2D eigenvalue weighted by Crippen LogP contribution is 2.22. The quantitative estimate of drug-likeness (QED) is 0.734. The van der Waals surface area contributed by atoms with E-state index in [2.05, 4.69) is 19.9 Å². The number of carbonyl (C=O) groups excluding carboxylic acids is 1. The molecule has 1 aromatic carbocycles. The number of carbonyl (C=O) groups is 1. The number of hydrogen-bond acceptors (Lipinski definition) is 6. The molecule has 8 nitrogen and oxygen atoms in total. The van der Waals surface area contributed by atoms with Gasteiger partial charge in [-0.3, -0.25) is 4.79 Å². The third-order valence-corrected chi connectivity index (χ3v) is 4.47. The van der Waals surface area contributed by atoms with Crippen LogP contribution in [0.15, 0.2) is 36.9 Å². The SMILES string of the molecule is COc1ccc2nc(COC3CN(C(=O)c4cncnc4)CC3F)[nH]c2c1. The van der Waals surface area contributed by atoms with Gasteiger partial charge in [0.05, 0.1) is 36.8 Å². The van der Waals surface area contributed by atoms with Gasteiger partial charge >= 0.3 is 0 Å². The maximum absolute atomic E-state index is 14.3. The monoisotopic (exact) mass is 371 g/mol. The molecule has 4 rings (SSSR count). The van der Waals surface area contributed by atoms with Crippen LogP contribution in [-0.2, 0) is 11.3 Å². The molecule has 1 saturated heterocycles. The molecular formula is C18H18FN5O3. The van der Waals surface area contributed by atoms with Crippen molar-refractivity contribution in [3.05, 3.63) is 48.3 Å². The number of H-pyrrole nitrogens is 1. The fraction of sp³-hybridized carbons (Fsp3) is 0.333. The molecule has 1 aliphatic rings. The molecule has 2 unspecified atom stereocenters. The van der Waals surface area contributed by atoms with Crippen LogP contribution in [0.2, 0.25) is 0 Å². The first-order valence-electron chi connectivity index (χ1n) is 8.46. The van der Waals surface area contributed by atoms with E-state index in [1.165, 1.54) is 23.6 Å². The van der Waals surface area contributed by atoms with Crippen LogP contribution in [0.3, 0.4) is 0 Å². The summed E-state index contributed by atoms with van der Waals surface area (Å²) in [5.41, 5.74) is 1.92. The minimum Gasteiger partial charge on any atom is -0.497 e. The van der Waals surface area contributed by atoms with Gasteiger partial charge in [-0.05, 0) is 12.1 Å². The van der Waals surface area contributed by atoms with E-state index in [-0.39, 0.29) is 25.6 Å². The van der Waals surface area contributed by atoms with E-state index in [4.69, 9.17) is 9.47 Å². The molecule has 0 bridgehead atoms. The summed E-state index contributed by atoms with van der Waals surface area (Å²) in [5.74, 6) is 1.00.